The molecule has 0 fully saturated rings. The fourth-order valence-corrected chi connectivity index (χ4v) is 1.97. The Hall–Kier alpha value is -2.20. The lowest BCUT2D eigenvalue weighted by atomic mass is 10.0. The van der Waals surface area contributed by atoms with Crippen LogP contribution in [0.2, 0.25) is 0 Å². The number of hydrogen-bond acceptors (Lipinski definition) is 3. The number of amides is 1. The van der Waals surface area contributed by atoms with Crippen molar-refractivity contribution in [3.8, 4) is 0 Å². The molecule has 0 bridgehead atoms. The van der Waals surface area contributed by atoms with Gasteiger partial charge in [-0.25, -0.2) is 0 Å². The summed E-state index contributed by atoms with van der Waals surface area (Å²) in [6.45, 7) is 5.25. The summed E-state index contributed by atoms with van der Waals surface area (Å²) in [6, 6.07) is 11.8. The second-order valence-electron chi connectivity index (χ2n) is 5.33. The van der Waals surface area contributed by atoms with E-state index >= 15 is 0 Å². The average Bonchev–Trinajstić information content (AvgIpc) is 2.53. The van der Waals surface area contributed by atoms with E-state index in [1.165, 1.54) is 5.56 Å². The lowest BCUT2D eigenvalue weighted by molar-refractivity contribution is 0.0946. The van der Waals surface area contributed by atoms with Gasteiger partial charge in [-0.1, -0.05) is 44.2 Å². The number of benzene rings is 1. The first-order valence-electron chi connectivity index (χ1n) is 7.12. The molecule has 1 heterocycles. The summed E-state index contributed by atoms with van der Waals surface area (Å²) < 4.78 is 0. The molecule has 1 amide bonds. The molecule has 4 heteroatoms. The maximum absolute atomic E-state index is 12.0. The number of nitrogens with one attached hydrogen (secondary N) is 1. The van der Waals surface area contributed by atoms with Crippen molar-refractivity contribution in [1.82, 2.24) is 10.3 Å². The third-order valence-electron chi connectivity index (χ3n) is 3.39. The maximum atomic E-state index is 12.0. The van der Waals surface area contributed by atoms with E-state index in [0.29, 0.717) is 24.7 Å². The van der Waals surface area contributed by atoms with Crippen LogP contribution in [-0.2, 0) is 13.1 Å². The molecule has 4 nitrogen and oxygen atoms in total. The lowest BCUT2D eigenvalue weighted by Crippen LogP contribution is -2.23. The minimum Gasteiger partial charge on any atom is -0.347 e. The zero-order chi connectivity index (χ0) is 15.2. The zero-order valence-electron chi connectivity index (χ0n) is 12.5. The zero-order valence-corrected chi connectivity index (χ0v) is 12.5. The van der Waals surface area contributed by atoms with E-state index < -0.39 is 0 Å². The molecule has 0 aliphatic heterocycles. The van der Waals surface area contributed by atoms with Crippen molar-refractivity contribution in [2.45, 2.75) is 32.9 Å². The summed E-state index contributed by atoms with van der Waals surface area (Å²) in [5.41, 5.74) is 9.20. The van der Waals surface area contributed by atoms with Gasteiger partial charge in [0.1, 0.15) is 5.69 Å². The average molecular weight is 283 g/mol. The largest absolute Gasteiger partial charge is 0.347 e. The van der Waals surface area contributed by atoms with E-state index in [0.717, 1.165) is 11.1 Å². The molecule has 0 spiro atoms. The number of pyridine rings is 1. The monoisotopic (exact) mass is 283 g/mol. The van der Waals surface area contributed by atoms with Crippen LogP contribution in [0.5, 0.6) is 0 Å². The molecule has 3 N–H and O–H groups in total. The Morgan fingerprint density at radius 1 is 1.14 bits per heavy atom. The first kappa shape index (κ1) is 15.2. The summed E-state index contributed by atoms with van der Waals surface area (Å²) in [5, 5.41) is 2.87. The predicted molar refractivity (Wildman–Crippen MR) is 83.8 cm³/mol. The van der Waals surface area contributed by atoms with Gasteiger partial charge >= 0.3 is 0 Å². The van der Waals surface area contributed by atoms with Gasteiger partial charge in [0.2, 0.25) is 0 Å². The minimum absolute atomic E-state index is 0.175. The molecule has 1 aromatic carbocycles. The van der Waals surface area contributed by atoms with Crippen LogP contribution in [0.4, 0.5) is 0 Å². The Bertz CT molecular complexity index is 588. The molecular weight excluding hydrogens is 262 g/mol. The normalized spacial score (nSPS) is 10.7. The molecule has 110 valence electrons. The lowest BCUT2D eigenvalue weighted by Gasteiger charge is -2.08. The molecule has 0 aliphatic rings. The van der Waals surface area contributed by atoms with Crippen molar-refractivity contribution in [3.63, 3.8) is 0 Å². The molecule has 21 heavy (non-hydrogen) atoms. The third kappa shape index (κ3) is 4.13. The number of rotatable bonds is 5. The van der Waals surface area contributed by atoms with Crippen LogP contribution in [0.25, 0.3) is 0 Å². The highest BCUT2D eigenvalue weighted by Gasteiger charge is 2.07. The van der Waals surface area contributed by atoms with Gasteiger partial charge in [-0.05, 0) is 28.7 Å². The molecule has 2 rings (SSSR count). The number of nitrogens with two attached hydrogens (primary N) is 1. The summed E-state index contributed by atoms with van der Waals surface area (Å²) in [7, 11) is 0. The maximum Gasteiger partial charge on any atom is 0.270 e. The van der Waals surface area contributed by atoms with Crippen molar-refractivity contribution >= 4 is 5.91 Å². The van der Waals surface area contributed by atoms with E-state index in [2.05, 4.69) is 36.3 Å². The smallest absolute Gasteiger partial charge is 0.270 e. The summed E-state index contributed by atoms with van der Waals surface area (Å²) in [6.07, 6.45) is 1.63. The molecule has 0 radical (unpaired) electrons. The van der Waals surface area contributed by atoms with E-state index in [4.69, 9.17) is 5.73 Å². The fraction of sp³-hybridized carbons (Fsp3) is 0.294. The Labute approximate surface area is 125 Å². The highest BCUT2D eigenvalue weighted by atomic mass is 16.1. The number of hydrogen-bond donors (Lipinski definition) is 2. The Morgan fingerprint density at radius 2 is 1.81 bits per heavy atom. The molecule has 0 unspecified atom stereocenters. The van der Waals surface area contributed by atoms with Crippen molar-refractivity contribution in [2.75, 3.05) is 0 Å². The van der Waals surface area contributed by atoms with Crippen molar-refractivity contribution in [2.24, 2.45) is 5.73 Å². The van der Waals surface area contributed by atoms with Crippen LogP contribution < -0.4 is 11.1 Å². The number of nitrogens with zero attached hydrogens (tertiary/aromatic N) is 1. The molecule has 0 atom stereocenters. The number of aromatic nitrogens is 1. The van der Waals surface area contributed by atoms with Crippen LogP contribution >= 0.6 is 0 Å². The van der Waals surface area contributed by atoms with Gasteiger partial charge in [0.25, 0.3) is 5.91 Å². The quantitative estimate of drug-likeness (QED) is 0.886. The highest BCUT2D eigenvalue weighted by molar-refractivity contribution is 5.92. The van der Waals surface area contributed by atoms with E-state index in [1.54, 1.807) is 12.3 Å². The highest BCUT2D eigenvalue weighted by Crippen LogP contribution is 2.14. The van der Waals surface area contributed by atoms with E-state index in [9.17, 15) is 4.79 Å². The Balaban J connectivity index is 1.93. The Morgan fingerprint density at radius 3 is 2.33 bits per heavy atom. The van der Waals surface area contributed by atoms with Gasteiger partial charge < -0.3 is 11.1 Å². The topological polar surface area (TPSA) is 68.0 Å². The second kappa shape index (κ2) is 6.99. The molecule has 0 saturated carbocycles. The third-order valence-corrected chi connectivity index (χ3v) is 3.39. The molecular formula is C17H21N3O. The van der Waals surface area contributed by atoms with Gasteiger partial charge in [-0.3, -0.25) is 9.78 Å². The van der Waals surface area contributed by atoms with Crippen molar-refractivity contribution in [3.05, 3.63) is 65.0 Å². The standard InChI is InChI=1S/C17H21N3O/c1-12(2)15-6-3-13(4-7-15)10-20-17(21)16-8-5-14(9-18)11-19-16/h3-8,11-12H,9-10,18H2,1-2H3,(H,20,21). The predicted octanol–water partition coefficient (Wildman–Crippen LogP) is 2.59. The van der Waals surface area contributed by atoms with E-state index in [1.807, 2.05) is 18.2 Å². The summed E-state index contributed by atoms with van der Waals surface area (Å²) in [4.78, 5) is 16.1. The van der Waals surface area contributed by atoms with Crippen LogP contribution in [0.3, 0.4) is 0 Å². The SMILES string of the molecule is CC(C)c1ccc(CNC(=O)c2ccc(CN)cn2)cc1. The molecule has 0 saturated heterocycles. The van der Waals surface area contributed by atoms with Crippen LogP contribution in [0.15, 0.2) is 42.6 Å². The van der Waals surface area contributed by atoms with E-state index in [-0.39, 0.29) is 5.91 Å². The molecule has 2 aromatic rings. The number of carbonyl (C=O) groups is 1. The van der Waals surface area contributed by atoms with Crippen LogP contribution in [0.1, 0.15) is 46.9 Å². The first-order valence-corrected chi connectivity index (χ1v) is 7.12. The van der Waals surface area contributed by atoms with Gasteiger partial charge in [-0.2, -0.15) is 0 Å². The number of carbonyl (C=O) groups excluding carboxylic acids is 1. The second-order valence-corrected chi connectivity index (χ2v) is 5.33. The molecule has 0 aliphatic carbocycles. The molecule has 1 aromatic heterocycles. The van der Waals surface area contributed by atoms with Crippen LogP contribution in [0, 0.1) is 0 Å². The summed E-state index contributed by atoms with van der Waals surface area (Å²) in [5.74, 6) is 0.338. The summed E-state index contributed by atoms with van der Waals surface area (Å²) >= 11 is 0. The minimum atomic E-state index is -0.175. The first-order chi connectivity index (χ1) is 10.1. The van der Waals surface area contributed by atoms with Crippen LogP contribution in [-0.4, -0.2) is 10.9 Å². The fourth-order valence-electron chi connectivity index (χ4n) is 1.97. The van der Waals surface area contributed by atoms with Gasteiger partial charge in [-0.15, -0.1) is 0 Å². The van der Waals surface area contributed by atoms with Crippen molar-refractivity contribution < 1.29 is 4.79 Å². The van der Waals surface area contributed by atoms with Crippen molar-refractivity contribution in [1.29, 1.82) is 0 Å². The Kier molecular flexibility index (Phi) is 5.06. The van der Waals surface area contributed by atoms with Gasteiger partial charge in [0, 0.05) is 19.3 Å². The van der Waals surface area contributed by atoms with Gasteiger partial charge in [0.15, 0.2) is 0 Å². The van der Waals surface area contributed by atoms with Gasteiger partial charge in [0.05, 0.1) is 0 Å².